The van der Waals surface area contributed by atoms with Crippen molar-refractivity contribution in [2.24, 2.45) is 0 Å². The van der Waals surface area contributed by atoms with E-state index >= 15 is 0 Å². The number of rotatable bonds is 4. The van der Waals surface area contributed by atoms with Crippen molar-refractivity contribution in [1.29, 1.82) is 0 Å². The van der Waals surface area contributed by atoms with Gasteiger partial charge in [0.15, 0.2) is 11.6 Å². The molecule has 1 aromatic carbocycles. The van der Waals surface area contributed by atoms with Crippen LogP contribution in [-0.2, 0) is 11.2 Å². The second-order valence-electron chi connectivity index (χ2n) is 3.07. The van der Waals surface area contributed by atoms with E-state index < -0.39 is 17.6 Å². The highest BCUT2D eigenvalue weighted by Crippen LogP contribution is 2.30. The molecular formula is C10H9BrF2O3. The number of benzene rings is 1. The Morgan fingerprint density at radius 2 is 2.12 bits per heavy atom. The normalized spacial score (nSPS) is 10.2. The van der Waals surface area contributed by atoms with Crippen molar-refractivity contribution in [3.05, 3.63) is 27.7 Å². The van der Waals surface area contributed by atoms with Gasteiger partial charge in [0, 0.05) is 6.42 Å². The quantitative estimate of drug-likeness (QED) is 0.869. The van der Waals surface area contributed by atoms with Crippen molar-refractivity contribution < 1.29 is 23.4 Å². The summed E-state index contributed by atoms with van der Waals surface area (Å²) in [6, 6.07) is 1.28. The lowest BCUT2D eigenvalue weighted by Crippen LogP contribution is -2.02. The number of carboxylic acids is 1. The van der Waals surface area contributed by atoms with E-state index in [9.17, 15) is 13.6 Å². The number of ether oxygens (including phenoxy) is 1. The molecule has 1 rings (SSSR count). The molecule has 0 amide bonds. The molecule has 0 aliphatic carbocycles. The van der Waals surface area contributed by atoms with E-state index in [1.807, 2.05) is 0 Å². The molecule has 0 spiro atoms. The Morgan fingerprint density at radius 1 is 1.50 bits per heavy atom. The molecule has 0 heterocycles. The van der Waals surface area contributed by atoms with Crippen LogP contribution in [0.4, 0.5) is 8.78 Å². The summed E-state index contributed by atoms with van der Waals surface area (Å²) in [4.78, 5) is 10.4. The molecular weight excluding hydrogens is 286 g/mol. The molecule has 1 aromatic rings. The molecule has 16 heavy (non-hydrogen) atoms. The Labute approximate surface area is 99.2 Å². The van der Waals surface area contributed by atoms with E-state index in [1.54, 1.807) is 0 Å². The van der Waals surface area contributed by atoms with Crippen LogP contribution in [0.1, 0.15) is 12.0 Å². The Morgan fingerprint density at radius 3 is 2.62 bits per heavy atom. The van der Waals surface area contributed by atoms with Crippen LogP contribution in [-0.4, -0.2) is 18.2 Å². The van der Waals surface area contributed by atoms with Crippen LogP contribution in [0.3, 0.4) is 0 Å². The van der Waals surface area contributed by atoms with E-state index in [0.717, 1.165) is 0 Å². The fraction of sp³-hybridized carbons (Fsp3) is 0.300. The van der Waals surface area contributed by atoms with Gasteiger partial charge in [0.1, 0.15) is 0 Å². The summed E-state index contributed by atoms with van der Waals surface area (Å²) in [7, 11) is 1.22. The molecule has 0 fully saturated rings. The molecule has 0 aliphatic heterocycles. The van der Waals surface area contributed by atoms with Crippen molar-refractivity contribution in [2.75, 3.05) is 7.11 Å². The monoisotopic (exact) mass is 294 g/mol. The molecule has 0 bridgehead atoms. The van der Waals surface area contributed by atoms with Gasteiger partial charge in [0.25, 0.3) is 0 Å². The minimum atomic E-state index is -1.09. The number of aliphatic carboxylic acids is 1. The van der Waals surface area contributed by atoms with Crippen molar-refractivity contribution >= 4 is 21.9 Å². The van der Waals surface area contributed by atoms with Crippen LogP contribution < -0.4 is 4.74 Å². The smallest absolute Gasteiger partial charge is 0.303 e. The van der Waals surface area contributed by atoms with Gasteiger partial charge in [-0.2, -0.15) is 4.39 Å². The lowest BCUT2D eigenvalue weighted by Gasteiger charge is -2.09. The fourth-order valence-electron chi connectivity index (χ4n) is 1.20. The van der Waals surface area contributed by atoms with Gasteiger partial charge in [-0.15, -0.1) is 0 Å². The maximum absolute atomic E-state index is 13.3. The molecule has 3 nitrogen and oxygen atoms in total. The van der Waals surface area contributed by atoms with Gasteiger partial charge in [0.2, 0.25) is 5.82 Å². The zero-order chi connectivity index (χ0) is 12.3. The highest BCUT2D eigenvalue weighted by molar-refractivity contribution is 9.10. The van der Waals surface area contributed by atoms with Crippen LogP contribution >= 0.6 is 15.9 Å². The van der Waals surface area contributed by atoms with E-state index in [4.69, 9.17) is 5.11 Å². The summed E-state index contributed by atoms with van der Waals surface area (Å²) in [5.74, 6) is -3.40. The number of carbonyl (C=O) groups is 1. The van der Waals surface area contributed by atoms with Gasteiger partial charge in [-0.3, -0.25) is 4.79 Å². The van der Waals surface area contributed by atoms with E-state index in [2.05, 4.69) is 20.7 Å². The van der Waals surface area contributed by atoms with E-state index in [1.165, 1.54) is 13.2 Å². The van der Waals surface area contributed by atoms with Crippen LogP contribution in [0.15, 0.2) is 10.5 Å². The first-order valence-electron chi connectivity index (χ1n) is 4.39. The summed E-state index contributed by atoms with van der Waals surface area (Å²) >= 11 is 2.88. The van der Waals surface area contributed by atoms with Gasteiger partial charge in [-0.05, 0) is 34.0 Å². The number of methoxy groups -OCH3 is 1. The van der Waals surface area contributed by atoms with Crippen LogP contribution in [0.25, 0.3) is 0 Å². The lowest BCUT2D eigenvalue weighted by molar-refractivity contribution is -0.136. The fourth-order valence-corrected chi connectivity index (χ4v) is 1.69. The summed E-state index contributed by atoms with van der Waals surface area (Å²) in [5, 5.41) is 8.50. The lowest BCUT2D eigenvalue weighted by atomic mass is 10.1. The first kappa shape index (κ1) is 12.9. The SMILES string of the molecule is COc1cc(CCC(=O)O)c(Br)c(F)c1F. The van der Waals surface area contributed by atoms with Gasteiger partial charge in [-0.1, -0.05) is 0 Å². The maximum atomic E-state index is 13.3. The third kappa shape index (κ3) is 2.69. The van der Waals surface area contributed by atoms with Gasteiger partial charge in [-0.25, -0.2) is 4.39 Å². The summed E-state index contributed by atoms with van der Waals surface area (Å²) in [6.07, 6.45) is -0.0592. The van der Waals surface area contributed by atoms with Gasteiger partial charge < -0.3 is 9.84 Å². The molecule has 0 saturated carbocycles. The molecule has 88 valence electrons. The average molecular weight is 295 g/mol. The Hall–Kier alpha value is -1.17. The predicted octanol–water partition coefficient (Wildman–Crippen LogP) is 2.75. The summed E-state index contributed by atoms with van der Waals surface area (Å²) in [5.41, 5.74) is 0.359. The summed E-state index contributed by atoms with van der Waals surface area (Å²) in [6.45, 7) is 0. The maximum Gasteiger partial charge on any atom is 0.303 e. The minimum Gasteiger partial charge on any atom is -0.494 e. The Balaban J connectivity index is 3.09. The minimum absolute atomic E-state index is 0.0629. The van der Waals surface area contributed by atoms with E-state index in [0.29, 0.717) is 5.56 Å². The molecule has 0 aromatic heterocycles. The molecule has 0 atom stereocenters. The van der Waals surface area contributed by atoms with Gasteiger partial charge in [0.05, 0.1) is 11.6 Å². The zero-order valence-electron chi connectivity index (χ0n) is 8.39. The summed E-state index contributed by atoms with van der Waals surface area (Å²) < 4.78 is 31.1. The number of hydrogen-bond acceptors (Lipinski definition) is 2. The molecule has 0 saturated heterocycles. The van der Waals surface area contributed by atoms with E-state index in [-0.39, 0.29) is 23.1 Å². The first-order chi connectivity index (χ1) is 7.47. The number of halogens is 3. The standard InChI is InChI=1S/C10H9BrF2O3/c1-16-6-4-5(2-3-7(14)15)8(11)10(13)9(6)12/h4H,2-3H2,1H3,(H,14,15). The second-order valence-corrected chi connectivity index (χ2v) is 3.87. The largest absolute Gasteiger partial charge is 0.494 e. The highest BCUT2D eigenvalue weighted by atomic mass is 79.9. The molecule has 0 radical (unpaired) electrons. The third-order valence-electron chi connectivity index (χ3n) is 2.02. The van der Waals surface area contributed by atoms with Crippen molar-refractivity contribution in [3.8, 4) is 5.75 Å². The Bertz CT molecular complexity index is 421. The number of aryl methyl sites for hydroxylation is 1. The van der Waals surface area contributed by atoms with Crippen LogP contribution in [0.5, 0.6) is 5.75 Å². The topological polar surface area (TPSA) is 46.5 Å². The van der Waals surface area contributed by atoms with Crippen molar-refractivity contribution in [3.63, 3.8) is 0 Å². The third-order valence-corrected chi connectivity index (χ3v) is 2.87. The predicted molar refractivity (Wildman–Crippen MR) is 56.6 cm³/mol. The zero-order valence-corrected chi connectivity index (χ0v) is 9.98. The Kier molecular flexibility index (Phi) is 4.23. The van der Waals surface area contributed by atoms with Gasteiger partial charge >= 0.3 is 5.97 Å². The molecule has 6 heteroatoms. The number of carboxylic acid groups (broad SMARTS) is 1. The number of hydrogen-bond donors (Lipinski definition) is 1. The molecule has 0 aliphatic rings. The van der Waals surface area contributed by atoms with Crippen molar-refractivity contribution in [2.45, 2.75) is 12.8 Å². The van der Waals surface area contributed by atoms with Crippen LogP contribution in [0, 0.1) is 11.6 Å². The molecule has 0 unspecified atom stereocenters. The molecule has 1 N–H and O–H groups in total. The van der Waals surface area contributed by atoms with Crippen molar-refractivity contribution in [1.82, 2.24) is 0 Å². The first-order valence-corrected chi connectivity index (χ1v) is 5.18. The van der Waals surface area contributed by atoms with Crippen LogP contribution in [0.2, 0.25) is 0 Å². The second kappa shape index (κ2) is 5.25. The highest BCUT2D eigenvalue weighted by Gasteiger charge is 2.17. The average Bonchev–Trinajstić information content (AvgIpc) is 2.25.